The van der Waals surface area contributed by atoms with Gasteiger partial charge in [-0.25, -0.2) is 0 Å². The van der Waals surface area contributed by atoms with E-state index in [0.717, 1.165) is 44.3 Å². The van der Waals surface area contributed by atoms with Gasteiger partial charge in [0, 0.05) is 32.4 Å². The number of hydrogen-bond donors (Lipinski definition) is 1. The van der Waals surface area contributed by atoms with Crippen LogP contribution in [0.25, 0.3) is 6.08 Å². The van der Waals surface area contributed by atoms with Crippen molar-refractivity contribution < 1.29 is 14.1 Å². The predicted octanol–water partition coefficient (Wildman–Crippen LogP) is 9.23. The average Bonchev–Trinajstić information content (AvgIpc) is 3.40. The summed E-state index contributed by atoms with van der Waals surface area (Å²) in [7, 11) is 2.18. The van der Waals surface area contributed by atoms with Crippen molar-refractivity contribution >= 4 is 17.9 Å². The average molecular weight is 583 g/mol. The summed E-state index contributed by atoms with van der Waals surface area (Å²) < 4.78 is 0.662. The van der Waals surface area contributed by atoms with Gasteiger partial charge in [-0.3, -0.25) is 19.0 Å². The molecular formula is C37H64N3O2+. The van der Waals surface area contributed by atoms with Crippen molar-refractivity contribution in [2.24, 2.45) is 0 Å². The topological polar surface area (TPSA) is 49.4 Å². The zero-order chi connectivity index (χ0) is 30.1. The molecular weight excluding hydrogens is 518 g/mol. The highest BCUT2D eigenvalue weighted by molar-refractivity contribution is 5.77. The van der Waals surface area contributed by atoms with Crippen LogP contribution in [0.4, 0.5) is 0 Å². The van der Waals surface area contributed by atoms with Gasteiger partial charge in [-0.2, -0.15) is 0 Å². The number of nitrogens with one attached hydrogen (secondary N) is 1. The smallest absolute Gasteiger partial charge is 0.226 e. The first-order chi connectivity index (χ1) is 20.5. The number of nitrogens with zero attached hydrogens (tertiary/aromatic N) is 2. The van der Waals surface area contributed by atoms with E-state index in [0.29, 0.717) is 30.5 Å². The van der Waals surface area contributed by atoms with Gasteiger partial charge in [0.2, 0.25) is 11.8 Å². The number of benzene rings is 1. The fraction of sp³-hybridized carbons (Fsp3) is 0.730. The van der Waals surface area contributed by atoms with Gasteiger partial charge < -0.3 is 5.32 Å². The van der Waals surface area contributed by atoms with Crippen molar-refractivity contribution in [3.63, 3.8) is 0 Å². The van der Waals surface area contributed by atoms with Crippen molar-refractivity contribution in [1.82, 2.24) is 10.2 Å². The lowest BCUT2D eigenvalue weighted by molar-refractivity contribution is -0.868. The number of unbranched alkanes of at least 4 members (excludes halogenated alkanes) is 16. The van der Waals surface area contributed by atoms with Crippen LogP contribution in [0.3, 0.4) is 0 Å². The van der Waals surface area contributed by atoms with E-state index in [4.69, 9.17) is 0 Å². The summed E-state index contributed by atoms with van der Waals surface area (Å²) in [5, 5.41) is 3.13. The van der Waals surface area contributed by atoms with Crippen molar-refractivity contribution in [3.8, 4) is 0 Å². The van der Waals surface area contributed by atoms with Crippen molar-refractivity contribution in [3.05, 3.63) is 42.1 Å². The van der Waals surface area contributed by atoms with Gasteiger partial charge in [0.25, 0.3) is 0 Å². The van der Waals surface area contributed by atoms with Gasteiger partial charge in [-0.05, 0) is 24.5 Å². The summed E-state index contributed by atoms with van der Waals surface area (Å²) in [5.74, 6) is 0.439. The van der Waals surface area contributed by atoms with Crippen molar-refractivity contribution in [2.45, 2.75) is 142 Å². The first-order valence-electron chi connectivity index (χ1n) is 17.7. The molecule has 1 heterocycles. The summed E-state index contributed by atoms with van der Waals surface area (Å²) in [5.41, 5.74) is 1.16. The Morgan fingerprint density at radius 2 is 1.36 bits per heavy atom. The summed E-state index contributed by atoms with van der Waals surface area (Å²) in [6.07, 6.45) is 30.6. The van der Waals surface area contributed by atoms with Crippen LogP contribution in [0.1, 0.15) is 147 Å². The first kappa shape index (κ1) is 36.1. The van der Waals surface area contributed by atoms with Crippen LogP contribution in [-0.4, -0.2) is 54.5 Å². The van der Waals surface area contributed by atoms with E-state index in [1.807, 2.05) is 23.1 Å². The minimum atomic E-state index is 0.180. The van der Waals surface area contributed by atoms with E-state index in [1.54, 1.807) is 0 Å². The molecule has 1 saturated heterocycles. The van der Waals surface area contributed by atoms with E-state index >= 15 is 0 Å². The SMILES string of the molecule is CCCCCCCCCCCCCCCCCCCC(=O)NCCC[N+](C)(C=Cc1ccccc1)CN1CCCC1=O. The number of amides is 2. The molecule has 5 nitrogen and oxygen atoms in total. The maximum atomic E-state index is 12.4. The fourth-order valence-electron chi connectivity index (χ4n) is 6.03. The molecule has 1 fully saturated rings. The number of hydrogen-bond acceptors (Lipinski definition) is 2. The second kappa shape index (κ2) is 23.3. The highest BCUT2D eigenvalue weighted by atomic mass is 16.2. The molecule has 2 amide bonds. The Hall–Kier alpha value is -2.14. The third-order valence-electron chi connectivity index (χ3n) is 8.77. The van der Waals surface area contributed by atoms with Crippen LogP contribution in [0.15, 0.2) is 36.5 Å². The van der Waals surface area contributed by atoms with Crippen molar-refractivity contribution in [1.29, 1.82) is 0 Å². The molecule has 0 saturated carbocycles. The van der Waals surface area contributed by atoms with Gasteiger partial charge in [-0.15, -0.1) is 0 Å². The Morgan fingerprint density at radius 3 is 1.88 bits per heavy atom. The van der Waals surface area contributed by atoms with Gasteiger partial charge in [0.15, 0.2) is 6.67 Å². The molecule has 1 atom stereocenters. The van der Waals surface area contributed by atoms with Gasteiger partial charge >= 0.3 is 0 Å². The minimum absolute atomic E-state index is 0.180. The molecule has 1 unspecified atom stereocenters. The molecule has 0 radical (unpaired) electrons. The third-order valence-corrected chi connectivity index (χ3v) is 8.77. The summed E-state index contributed by atoms with van der Waals surface area (Å²) in [6, 6.07) is 10.3. The molecule has 0 aromatic heterocycles. The maximum absolute atomic E-state index is 12.4. The lowest BCUT2D eigenvalue weighted by Crippen LogP contribution is -2.49. The maximum Gasteiger partial charge on any atom is 0.226 e. The second-order valence-electron chi connectivity index (χ2n) is 12.9. The summed E-state index contributed by atoms with van der Waals surface area (Å²) in [4.78, 5) is 26.6. The molecule has 5 heteroatoms. The van der Waals surface area contributed by atoms with Crippen LogP contribution in [0.2, 0.25) is 0 Å². The van der Waals surface area contributed by atoms with Crippen LogP contribution in [0.5, 0.6) is 0 Å². The number of carbonyl (C=O) groups is 2. The van der Waals surface area contributed by atoms with Crippen LogP contribution in [0, 0.1) is 0 Å². The number of quaternary nitrogens is 1. The van der Waals surface area contributed by atoms with E-state index < -0.39 is 0 Å². The molecule has 0 aliphatic carbocycles. The highest BCUT2D eigenvalue weighted by Gasteiger charge is 2.28. The Morgan fingerprint density at radius 1 is 0.810 bits per heavy atom. The minimum Gasteiger partial charge on any atom is -0.356 e. The molecule has 0 bridgehead atoms. The highest BCUT2D eigenvalue weighted by Crippen LogP contribution is 2.17. The molecule has 238 valence electrons. The molecule has 1 N–H and O–H groups in total. The standard InChI is InChI=1S/C37H63N3O2/c1-3-4-5-6-7-8-9-10-11-12-13-14-15-16-17-18-22-27-36(41)38-30-24-32-40(2,34-39-31-23-28-37(39)42)33-29-35-25-20-19-21-26-35/h19-21,25-26,29,33H,3-18,22-24,27-28,30-32,34H2,1-2H3/p+1. The molecule has 1 aliphatic rings. The molecule has 1 aromatic carbocycles. The van der Waals surface area contributed by atoms with E-state index in [-0.39, 0.29) is 11.8 Å². The zero-order valence-corrected chi connectivity index (χ0v) is 27.4. The van der Waals surface area contributed by atoms with Gasteiger partial charge in [-0.1, -0.05) is 140 Å². The Kier molecular flexibility index (Phi) is 20.0. The Labute approximate surface area is 259 Å². The molecule has 1 aromatic rings. The number of likely N-dealkylation sites (tertiary alicyclic amines) is 1. The predicted molar refractivity (Wildman–Crippen MR) is 179 cm³/mol. The Bertz CT molecular complexity index is 856. The third kappa shape index (κ3) is 17.7. The second-order valence-corrected chi connectivity index (χ2v) is 12.9. The summed E-state index contributed by atoms with van der Waals surface area (Å²) in [6.45, 7) is 5.40. The zero-order valence-electron chi connectivity index (χ0n) is 27.4. The largest absolute Gasteiger partial charge is 0.356 e. The Balaban J connectivity index is 1.47. The number of rotatable bonds is 26. The number of carbonyl (C=O) groups excluding carboxylic acids is 2. The monoisotopic (exact) mass is 582 g/mol. The van der Waals surface area contributed by atoms with E-state index in [2.05, 4.69) is 43.7 Å². The van der Waals surface area contributed by atoms with Gasteiger partial charge in [0.05, 0.1) is 19.8 Å². The quantitative estimate of drug-likeness (QED) is 0.0874. The summed E-state index contributed by atoms with van der Waals surface area (Å²) >= 11 is 0. The lowest BCUT2D eigenvalue weighted by Gasteiger charge is -2.34. The molecule has 42 heavy (non-hydrogen) atoms. The van der Waals surface area contributed by atoms with E-state index in [9.17, 15) is 9.59 Å². The van der Waals surface area contributed by atoms with Crippen LogP contribution >= 0.6 is 0 Å². The lowest BCUT2D eigenvalue weighted by atomic mass is 10.0. The van der Waals surface area contributed by atoms with Crippen LogP contribution < -0.4 is 5.32 Å². The molecule has 1 aliphatic heterocycles. The first-order valence-corrected chi connectivity index (χ1v) is 17.7. The van der Waals surface area contributed by atoms with Crippen molar-refractivity contribution in [2.75, 3.05) is 33.4 Å². The van der Waals surface area contributed by atoms with Gasteiger partial charge in [0.1, 0.15) is 0 Å². The fourth-order valence-corrected chi connectivity index (χ4v) is 6.03. The van der Waals surface area contributed by atoms with Crippen LogP contribution in [-0.2, 0) is 9.59 Å². The normalized spacial score (nSPS) is 15.0. The van der Waals surface area contributed by atoms with E-state index in [1.165, 1.54) is 96.3 Å². The molecule has 0 spiro atoms. The molecule has 2 rings (SSSR count).